The van der Waals surface area contributed by atoms with Crippen molar-refractivity contribution in [3.05, 3.63) is 18.1 Å². The third kappa shape index (κ3) is 4.80. The Kier molecular flexibility index (Phi) is 5.65. The van der Waals surface area contributed by atoms with E-state index in [1.807, 2.05) is 0 Å². The topological polar surface area (TPSA) is 61.8 Å². The third-order valence-electron chi connectivity index (χ3n) is 5.91. The average Bonchev–Trinajstić information content (AvgIpc) is 3.51. The van der Waals surface area contributed by atoms with E-state index in [4.69, 9.17) is 4.74 Å². The Hall–Kier alpha value is -1.94. The lowest BCUT2D eigenvalue weighted by Gasteiger charge is -2.41. The van der Waals surface area contributed by atoms with E-state index in [1.54, 1.807) is 11.9 Å². The van der Waals surface area contributed by atoms with Crippen LogP contribution in [-0.2, 0) is 15.7 Å². The molecular formula is C19H26F3N5O2. The number of likely N-dealkylation sites (tertiary alicyclic amines) is 1. The van der Waals surface area contributed by atoms with Crippen LogP contribution < -0.4 is 4.90 Å². The molecule has 0 radical (unpaired) electrons. The molecule has 1 atom stereocenters. The highest BCUT2D eigenvalue weighted by Gasteiger charge is 2.39. The van der Waals surface area contributed by atoms with Crippen LogP contribution in [0.2, 0.25) is 0 Å². The van der Waals surface area contributed by atoms with Gasteiger partial charge in [-0.05, 0) is 25.7 Å². The van der Waals surface area contributed by atoms with Gasteiger partial charge in [-0.3, -0.25) is 4.79 Å². The lowest BCUT2D eigenvalue weighted by Crippen LogP contribution is -2.52. The number of hydrogen-bond donors (Lipinski definition) is 0. The van der Waals surface area contributed by atoms with Gasteiger partial charge in [-0.25, -0.2) is 9.97 Å². The number of rotatable bonds is 5. The fourth-order valence-electron chi connectivity index (χ4n) is 4.21. The standard InChI is InChI=1S/C19H26F3N5O2/c1-25-9-15(29-11-18(25)28)10-26-6-4-14(5-7-26)27(13-2-3-13)17-8-16(19(20,21)22)23-12-24-17/h8,12-15H,2-7,9-11H2,1H3. The first-order valence-corrected chi connectivity index (χ1v) is 10.1. The van der Waals surface area contributed by atoms with Crippen molar-refractivity contribution in [2.45, 2.75) is 50.0 Å². The van der Waals surface area contributed by atoms with Crippen LogP contribution in [0.15, 0.2) is 12.4 Å². The highest BCUT2D eigenvalue weighted by molar-refractivity contribution is 5.77. The van der Waals surface area contributed by atoms with E-state index in [0.29, 0.717) is 12.4 Å². The smallest absolute Gasteiger partial charge is 0.365 e. The van der Waals surface area contributed by atoms with Crippen LogP contribution in [0.3, 0.4) is 0 Å². The van der Waals surface area contributed by atoms with E-state index in [2.05, 4.69) is 19.8 Å². The fourth-order valence-corrected chi connectivity index (χ4v) is 4.21. The van der Waals surface area contributed by atoms with Crippen molar-refractivity contribution < 1.29 is 22.7 Å². The largest absolute Gasteiger partial charge is 0.433 e. The van der Waals surface area contributed by atoms with Gasteiger partial charge in [-0.1, -0.05) is 0 Å². The van der Waals surface area contributed by atoms with Crippen LogP contribution in [0.4, 0.5) is 19.0 Å². The summed E-state index contributed by atoms with van der Waals surface area (Å²) in [6.45, 7) is 3.18. The van der Waals surface area contributed by atoms with Gasteiger partial charge < -0.3 is 19.4 Å². The number of alkyl halides is 3. The van der Waals surface area contributed by atoms with E-state index in [1.165, 1.54) is 0 Å². The van der Waals surface area contributed by atoms with Crippen LogP contribution in [0.1, 0.15) is 31.4 Å². The Bertz CT molecular complexity index is 735. The van der Waals surface area contributed by atoms with Crippen molar-refractivity contribution in [2.75, 3.05) is 44.7 Å². The van der Waals surface area contributed by atoms with Gasteiger partial charge in [0.1, 0.15) is 24.4 Å². The zero-order valence-corrected chi connectivity index (χ0v) is 16.4. The van der Waals surface area contributed by atoms with Gasteiger partial charge in [0.05, 0.1) is 6.10 Å². The molecule has 0 spiro atoms. The molecule has 2 saturated heterocycles. The molecule has 3 heterocycles. The van der Waals surface area contributed by atoms with Crippen LogP contribution in [0.25, 0.3) is 0 Å². The maximum atomic E-state index is 13.1. The number of anilines is 1. The SMILES string of the molecule is CN1CC(CN2CCC(N(c3cc(C(F)(F)F)ncn3)C3CC3)CC2)OCC1=O. The molecule has 7 nitrogen and oxygen atoms in total. The highest BCUT2D eigenvalue weighted by atomic mass is 19.4. The number of ether oxygens (including phenoxy) is 1. The lowest BCUT2D eigenvalue weighted by molar-refractivity contribution is -0.148. The summed E-state index contributed by atoms with van der Waals surface area (Å²) >= 11 is 0. The first kappa shape index (κ1) is 20.3. The van der Waals surface area contributed by atoms with Gasteiger partial charge >= 0.3 is 6.18 Å². The van der Waals surface area contributed by atoms with Crippen molar-refractivity contribution in [1.82, 2.24) is 19.8 Å². The number of carbonyl (C=O) groups is 1. The Morgan fingerprint density at radius 1 is 1.17 bits per heavy atom. The number of halogens is 3. The Labute approximate surface area is 167 Å². The van der Waals surface area contributed by atoms with Crippen molar-refractivity contribution in [3.63, 3.8) is 0 Å². The summed E-state index contributed by atoms with van der Waals surface area (Å²) in [5, 5.41) is 0. The highest BCUT2D eigenvalue weighted by Crippen LogP contribution is 2.37. The van der Waals surface area contributed by atoms with Gasteiger partial charge in [-0.2, -0.15) is 13.2 Å². The first-order chi connectivity index (χ1) is 13.8. The van der Waals surface area contributed by atoms with E-state index in [9.17, 15) is 18.0 Å². The predicted octanol–water partition coefficient (Wildman–Crippen LogP) is 1.79. The quantitative estimate of drug-likeness (QED) is 0.734. The van der Waals surface area contributed by atoms with Crippen molar-refractivity contribution >= 4 is 11.7 Å². The number of likely N-dealkylation sites (N-methyl/N-ethyl adjacent to an activating group) is 1. The van der Waals surface area contributed by atoms with E-state index in [0.717, 1.165) is 57.7 Å². The zero-order valence-electron chi connectivity index (χ0n) is 16.4. The fraction of sp³-hybridized carbons (Fsp3) is 0.737. The molecule has 0 aromatic carbocycles. The molecule has 0 bridgehead atoms. The lowest BCUT2D eigenvalue weighted by atomic mass is 10.0. The number of aromatic nitrogens is 2. The molecule has 1 aromatic rings. The summed E-state index contributed by atoms with van der Waals surface area (Å²) < 4.78 is 44.8. The van der Waals surface area contributed by atoms with Crippen molar-refractivity contribution in [1.29, 1.82) is 0 Å². The molecule has 1 amide bonds. The number of hydrogen-bond acceptors (Lipinski definition) is 6. The predicted molar refractivity (Wildman–Crippen MR) is 99.4 cm³/mol. The summed E-state index contributed by atoms with van der Waals surface area (Å²) in [5.74, 6) is 0.382. The number of morpholine rings is 1. The second-order valence-electron chi connectivity index (χ2n) is 8.14. The summed E-state index contributed by atoms with van der Waals surface area (Å²) in [6.07, 6.45) is 0.257. The van der Waals surface area contributed by atoms with Gasteiger partial charge in [0.25, 0.3) is 0 Å². The van der Waals surface area contributed by atoms with Gasteiger partial charge in [0.15, 0.2) is 0 Å². The number of amides is 1. The molecule has 160 valence electrons. The summed E-state index contributed by atoms with van der Waals surface area (Å²) in [7, 11) is 1.79. The summed E-state index contributed by atoms with van der Waals surface area (Å²) in [6, 6.07) is 1.52. The normalized spacial score (nSPS) is 24.8. The van der Waals surface area contributed by atoms with Crippen LogP contribution in [0, 0.1) is 0 Å². The summed E-state index contributed by atoms with van der Waals surface area (Å²) in [4.78, 5) is 25.2. The molecule has 29 heavy (non-hydrogen) atoms. The van der Waals surface area contributed by atoms with Gasteiger partial charge in [0.2, 0.25) is 5.91 Å². The second kappa shape index (κ2) is 8.06. The number of nitrogens with zero attached hydrogens (tertiary/aromatic N) is 5. The third-order valence-corrected chi connectivity index (χ3v) is 5.91. The van der Waals surface area contributed by atoms with Crippen LogP contribution >= 0.6 is 0 Å². The maximum Gasteiger partial charge on any atom is 0.433 e. The van der Waals surface area contributed by atoms with E-state index in [-0.39, 0.29) is 30.7 Å². The number of carbonyl (C=O) groups excluding carboxylic acids is 1. The molecule has 3 aliphatic rings. The summed E-state index contributed by atoms with van der Waals surface area (Å²) in [5.41, 5.74) is -0.890. The molecule has 1 unspecified atom stereocenters. The molecule has 3 fully saturated rings. The monoisotopic (exact) mass is 413 g/mol. The van der Waals surface area contributed by atoms with Crippen molar-refractivity contribution in [3.8, 4) is 0 Å². The molecule has 2 aliphatic heterocycles. The van der Waals surface area contributed by atoms with Crippen LogP contribution in [-0.4, -0.2) is 83.7 Å². The van der Waals surface area contributed by atoms with E-state index < -0.39 is 11.9 Å². The molecular weight excluding hydrogens is 387 g/mol. The second-order valence-corrected chi connectivity index (χ2v) is 8.14. The Balaban J connectivity index is 1.37. The van der Waals surface area contributed by atoms with Gasteiger partial charge in [0, 0.05) is 51.4 Å². The minimum atomic E-state index is -4.47. The molecule has 0 N–H and O–H groups in total. The molecule has 1 aromatic heterocycles. The molecule has 4 rings (SSSR count). The first-order valence-electron chi connectivity index (χ1n) is 10.1. The van der Waals surface area contributed by atoms with Gasteiger partial charge in [-0.15, -0.1) is 0 Å². The Morgan fingerprint density at radius 2 is 1.86 bits per heavy atom. The molecule has 1 aliphatic carbocycles. The van der Waals surface area contributed by atoms with Crippen molar-refractivity contribution in [2.24, 2.45) is 0 Å². The minimum absolute atomic E-state index is 0.00288. The van der Waals surface area contributed by atoms with Crippen LogP contribution in [0.5, 0.6) is 0 Å². The zero-order chi connectivity index (χ0) is 20.6. The minimum Gasteiger partial charge on any atom is -0.365 e. The maximum absolute atomic E-state index is 13.1. The molecule has 1 saturated carbocycles. The number of piperidine rings is 1. The average molecular weight is 413 g/mol. The van der Waals surface area contributed by atoms with E-state index >= 15 is 0 Å². The molecule has 10 heteroatoms. The Morgan fingerprint density at radius 3 is 2.48 bits per heavy atom.